The summed E-state index contributed by atoms with van der Waals surface area (Å²) in [5, 5.41) is 2.41. The highest BCUT2D eigenvalue weighted by molar-refractivity contribution is 5.28. The summed E-state index contributed by atoms with van der Waals surface area (Å²) in [5.41, 5.74) is 0.796. The van der Waals surface area contributed by atoms with E-state index >= 15 is 0 Å². The number of hydrogen-bond donors (Lipinski definition) is 1. The van der Waals surface area contributed by atoms with Gasteiger partial charge in [0.1, 0.15) is 5.75 Å². The molecule has 0 bridgehead atoms. The van der Waals surface area contributed by atoms with Gasteiger partial charge in [-0.2, -0.15) is 13.2 Å². The fourth-order valence-electron chi connectivity index (χ4n) is 1.28. The SMILES string of the molecule is COc1ccc([C@@H](C)NCC(F)(F)F)cc1. The highest BCUT2D eigenvalue weighted by Crippen LogP contribution is 2.19. The maximum absolute atomic E-state index is 12.0. The van der Waals surface area contributed by atoms with Gasteiger partial charge in [0.05, 0.1) is 13.7 Å². The van der Waals surface area contributed by atoms with Crippen LogP contribution < -0.4 is 10.1 Å². The lowest BCUT2D eigenvalue weighted by Gasteiger charge is -2.16. The highest BCUT2D eigenvalue weighted by Gasteiger charge is 2.27. The molecule has 0 heterocycles. The molecule has 0 spiro atoms. The summed E-state index contributed by atoms with van der Waals surface area (Å²) < 4.78 is 40.9. The van der Waals surface area contributed by atoms with Crippen LogP contribution in [0.3, 0.4) is 0 Å². The molecule has 0 radical (unpaired) electrons. The summed E-state index contributed by atoms with van der Waals surface area (Å²) >= 11 is 0. The van der Waals surface area contributed by atoms with E-state index in [4.69, 9.17) is 4.74 Å². The molecule has 0 unspecified atom stereocenters. The third-order valence-electron chi connectivity index (χ3n) is 2.22. The first-order valence-electron chi connectivity index (χ1n) is 4.86. The van der Waals surface area contributed by atoms with Crippen LogP contribution in [0.1, 0.15) is 18.5 Å². The Morgan fingerprint density at radius 1 is 1.25 bits per heavy atom. The quantitative estimate of drug-likeness (QED) is 0.863. The van der Waals surface area contributed by atoms with Gasteiger partial charge in [0.15, 0.2) is 0 Å². The Bertz CT molecular complexity index is 321. The van der Waals surface area contributed by atoms with Gasteiger partial charge in [0, 0.05) is 6.04 Å². The topological polar surface area (TPSA) is 21.3 Å². The molecule has 0 amide bonds. The molecule has 16 heavy (non-hydrogen) atoms. The van der Waals surface area contributed by atoms with E-state index < -0.39 is 12.7 Å². The Labute approximate surface area is 92.4 Å². The summed E-state index contributed by atoms with van der Waals surface area (Å²) in [7, 11) is 1.54. The number of rotatable bonds is 4. The molecule has 5 heteroatoms. The van der Waals surface area contributed by atoms with Gasteiger partial charge in [0.25, 0.3) is 0 Å². The Hall–Kier alpha value is -1.23. The van der Waals surface area contributed by atoms with Gasteiger partial charge < -0.3 is 10.1 Å². The number of nitrogens with one attached hydrogen (secondary N) is 1. The lowest BCUT2D eigenvalue weighted by atomic mass is 10.1. The lowest BCUT2D eigenvalue weighted by molar-refractivity contribution is -0.126. The summed E-state index contributed by atoms with van der Waals surface area (Å²) in [6.45, 7) is 0.702. The minimum atomic E-state index is -4.18. The molecule has 0 aliphatic heterocycles. The summed E-state index contributed by atoms with van der Waals surface area (Å²) in [5.74, 6) is 0.687. The van der Waals surface area contributed by atoms with E-state index in [-0.39, 0.29) is 6.04 Å². The molecule has 0 aromatic heterocycles. The molecule has 2 nitrogen and oxygen atoms in total. The first kappa shape index (κ1) is 12.8. The Balaban J connectivity index is 2.56. The molecule has 1 aromatic carbocycles. The van der Waals surface area contributed by atoms with E-state index in [1.165, 1.54) is 0 Å². The van der Waals surface area contributed by atoms with Gasteiger partial charge in [-0.05, 0) is 24.6 Å². The monoisotopic (exact) mass is 233 g/mol. The molecule has 90 valence electrons. The highest BCUT2D eigenvalue weighted by atomic mass is 19.4. The van der Waals surface area contributed by atoms with E-state index in [1.54, 1.807) is 38.3 Å². The Kier molecular flexibility index (Phi) is 4.18. The van der Waals surface area contributed by atoms with Crippen LogP contribution in [0.4, 0.5) is 13.2 Å². The van der Waals surface area contributed by atoms with Gasteiger partial charge in [-0.3, -0.25) is 0 Å². The molecule has 0 saturated heterocycles. The Morgan fingerprint density at radius 3 is 2.25 bits per heavy atom. The van der Waals surface area contributed by atoms with Crippen LogP contribution >= 0.6 is 0 Å². The van der Waals surface area contributed by atoms with Crippen LogP contribution in [0.15, 0.2) is 24.3 Å². The average Bonchev–Trinajstić information content (AvgIpc) is 2.25. The second-order valence-electron chi connectivity index (χ2n) is 3.49. The van der Waals surface area contributed by atoms with E-state index in [2.05, 4.69) is 5.32 Å². The molecule has 0 saturated carbocycles. The molecule has 0 aliphatic rings. The van der Waals surface area contributed by atoms with Crippen LogP contribution in [0.2, 0.25) is 0 Å². The first-order valence-corrected chi connectivity index (χ1v) is 4.86. The van der Waals surface area contributed by atoms with Crippen molar-refractivity contribution in [1.82, 2.24) is 5.32 Å². The summed E-state index contributed by atoms with van der Waals surface area (Å²) in [4.78, 5) is 0. The second kappa shape index (κ2) is 5.21. The van der Waals surface area contributed by atoms with Crippen LogP contribution in [0.25, 0.3) is 0 Å². The molecule has 1 atom stereocenters. The minimum Gasteiger partial charge on any atom is -0.497 e. The zero-order valence-electron chi connectivity index (χ0n) is 9.14. The number of halogens is 3. The average molecular weight is 233 g/mol. The van der Waals surface area contributed by atoms with Gasteiger partial charge in [-0.1, -0.05) is 12.1 Å². The van der Waals surface area contributed by atoms with E-state index in [9.17, 15) is 13.2 Å². The van der Waals surface area contributed by atoms with E-state index in [0.717, 1.165) is 5.56 Å². The number of hydrogen-bond acceptors (Lipinski definition) is 2. The molecular weight excluding hydrogens is 219 g/mol. The molecule has 1 N–H and O–H groups in total. The van der Waals surface area contributed by atoms with Crippen molar-refractivity contribution in [2.24, 2.45) is 0 Å². The third kappa shape index (κ3) is 4.10. The minimum absolute atomic E-state index is 0.340. The number of benzene rings is 1. The second-order valence-corrected chi connectivity index (χ2v) is 3.49. The van der Waals surface area contributed by atoms with Crippen molar-refractivity contribution >= 4 is 0 Å². The zero-order valence-corrected chi connectivity index (χ0v) is 9.14. The molecule has 0 aliphatic carbocycles. The molecule has 1 rings (SSSR count). The lowest BCUT2D eigenvalue weighted by Crippen LogP contribution is -2.30. The summed E-state index contributed by atoms with van der Waals surface area (Å²) in [6.07, 6.45) is -4.18. The molecule has 0 fully saturated rings. The number of alkyl halides is 3. The van der Waals surface area contributed by atoms with Gasteiger partial charge in [-0.15, -0.1) is 0 Å². The molecule has 1 aromatic rings. The van der Waals surface area contributed by atoms with Crippen LogP contribution in [0, 0.1) is 0 Å². The van der Waals surface area contributed by atoms with E-state index in [1.807, 2.05) is 0 Å². The van der Waals surface area contributed by atoms with Crippen molar-refractivity contribution in [2.45, 2.75) is 19.1 Å². The van der Waals surface area contributed by atoms with Crippen molar-refractivity contribution in [1.29, 1.82) is 0 Å². The summed E-state index contributed by atoms with van der Waals surface area (Å²) in [6, 6.07) is 6.59. The maximum Gasteiger partial charge on any atom is 0.401 e. The predicted octanol–water partition coefficient (Wildman–Crippen LogP) is 2.91. The number of methoxy groups -OCH3 is 1. The van der Waals surface area contributed by atoms with Gasteiger partial charge in [-0.25, -0.2) is 0 Å². The van der Waals surface area contributed by atoms with Crippen LogP contribution in [-0.2, 0) is 0 Å². The Morgan fingerprint density at radius 2 is 1.81 bits per heavy atom. The van der Waals surface area contributed by atoms with Crippen molar-refractivity contribution in [3.05, 3.63) is 29.8 Å². The van der Waals surface area contributed by atoms with Crippen molar-refractivity contribution in [3.63, 3.8) is 0 Å². The zero-order chi connectivity index (χ0) is 12.2. The largest absolute Gasteiger partial charge is 0.497 e. The fraction of sp³-hybridized carbons (Fsp3) is 0.455. The molecular formula is C11H14F3NO. The first-order chi connectivity index (χ1) is 7.42. The predicted molar refractivity (Wildman–Crippen MR) is 55.5 cm³/mol. The van der Waals surface area contributed by atoms with Gasteiger partial charge in [0.2, 0.25) is 0 Å². The van der Waals surface area contributed by atoms with Crippen molar-refractivity contribution in [3.8, 4) is 5.75 Å². The van der Waals surface area contributed by atoms with Crippen LogP contribution in [-0.4, -0.2) is 19.8 Å². The van der Waals surface area contributed by atoms with Gasteiger partial charge >= 0.3 is 6.18 Å². The van der Waals surface area contributed by atoms with Crippen molar-refractivity contribution in [2.75, 3.05) is 13.7 Å². The van der Waals surface area contributed by atoms with Crippen LogP contribution in [0.5, 0.6) is 5.75 Å². The maximum atomic E-state index is 12.0. The van der Waals surface area contributed by atoms with E-state index in [0.29, 0.717) is 5.75 Å². The smallest absolute Gasteiger partial charge is 0.401 e. The third-order valence-corrected chi connectivity index (χ3v) is 2.22. The number of ether oxygens (including phenoxy) is 1. The van der Waals surface area contributed by atoms with Crippen molar-refractivity contribution < 1.29 is 17.9 Å². The standard InChI is InChI=1S/C11H14F3NO/c1-8(15-7-11(12,13)14)9-3-5-10(16-2)6-4-9/h3-6,8,15H,7H2,1-2H3/t8-/m1/s1. The fourth-order valence-corrected chi connectivity index (χ4v) is 1.28. The normalized spacial score (nSPS) is 13.6.